The van der Waals surface area contributed by atoms with E-state index >= 15 is 0 Å². The number of ether oxygens (including phenoxy) is 1. The number of hydrogen-bond donors (Lipinski definition) is 0. The Morgan fingerprint density at radius 3 is 1.90 bits per heavy atom. The number of halogens is 2. The number of amides is 3. The van der Waals surface area contributed by atoms with E-state index in [0.717, 1.165) is 27.2 Å². The molecule has 0 N–H and O–H groups in total. The van der Waals surface area contributed by atoms with Gasteiger partial charge in [-0.05, 0) is 34.4 Å². The van der Waals surface area contributed by atoms with Gasteiger partial charge in [-0.2, -0.15) is 0 Å². The summed E-state index contributed by atoms with van der Waals surface area (Å²) in [5.41, 5.74) is 4.10. The number of hydroxylamine groups is 2. The van der Waals surface area contributed by atoms with E-state index in [0.29, 0.717) is 0 Å². The molecule has 0 spiro atoms. The monoisotopic (exact) mass is 532 g/mol. The quantitative estimate of drug-likeness (QED) is 0.455. The zero-order chi connectivity index (χ0) is 27.3. The molecule has 0 saturated carbocycles. The number of benzene rings is 3. The lowest BCUT2D eigenvalue weighted by atomic mass is 9.94. The van der Waals surface area contributed by atoms with E-state index in [9.17, 15) is 28.0 Å². The first kappa shape index (κ1) is 24.7. The largest absolute Gasteiger partial charge is 0.448 e. The zero-order valence-electron chi connectivity index (χ0n) is 20.5. The Balaban J connectivity index is 1.14. The van der Waals surface area contributed by atoms with Crippen molar-refractivity contribution < 1.29 is 37.5 Å². The Labute approximate surface area is 221 Å². The molecule has 1 unspecified atom stereocenters. The molecule has 6 rings (SSSR count). The van der Waals surface area contributed by atoms with Crippen LogP contribution in [0.1, 0.15) is 44.2 Å². The van der Waals surface area contributed by atoms with Gasteiger partial charge in [0.1, 0.15) is 12.5 Å². The van der Waals surface area contributed by atoms with E-state index in [4.69, 9.17) is 9.57 Å². The molecular formula is C29H22F2N2O6. The molecule has 1 atom stereocenters. The molecular weight excluding hydrogens is 510 g/mol. The van der Waals surface area contributed by atoms with Crippen molar-refractivity contribution >= 4 is 23.9 Å². The SMILES string of the molecule is O=C(ON1C(=O)c2ccccc2C1=O)C1CN(C(=O)OCC2c3ccccc3-c3ccccc32)CCC1(F)F. The molecule has 10 heteroatoms. The van der Waals surface area contributed by atoms with Gasteiger partial charge in [-0.25, -0.2) is 18.4 Å². The van der Waals surface area contributed by atoms with Gasteiger partial charge in [0.15, 0.2) is 0 Å². The second kappa shape index (κ2) is 9.30. The van der Waals surface area contributed by atoms with Crippen molar-refractivity contribution in [3.05, 3.63) is 95.1 Å². The smallest absolute Gasteiger partial charge is 0.409 e. The summed E-state index contributed by atoms with van der Waals surface area (Å²) in [5, 5.41) is 0.190. The number of fused-ring (bicyclic) bond motifs is 4. The number of rotatable bonds is 4. The molecule has 1 fully saturated rings. The van der Waals surface area contributed by atoms with Gasteiger partial charge in [0.05, 0.1) is 11.1 Å². The predicted octanol–water partition coefficient (Wildman–Crippen LogP) is 4.65. The topological polar surface area (TPSA) is 93.2 Å². The van der Waals surface area contributed by atoms with Crippen LogP contribution in [0.15, 0.2) is 72.8 Å². The molecule has 39 heavy (non-hydrogen) atoms. The van der Waals surface area contributed by atoms with Gasteiger partial charge < -0.3 is 14.5 Å². The number of alkyl halides is 2. The second-order valence-electron chi connectivity index (χ2n) is 9.67. The lowest BCUT2D eigenvalue weighted by Crippen LogP contribution is -2.53. The lowest BCUT2D eigenvalue weighted by molar-refractivity contribution is -0.193. The van der Waals surface area contributed by atoms with Crippen molar-refractivity contribution in [1.29, 1.82) is 0 Å². The third kappa shape index (κ3) is 4.12. The molecule has 3 aliphatic rings. The first-order chi connectivity index (χ1) is 18.8. The molecule has 0 radical (unpaired) electrons. The van der Waals surface area contributed by atoms with Crippen LogP contribution in [0.4, 0.5) is 13.6 Å². The van der Waals surface area contributed by atoms with Crippen molar-refractivity contribution in [3.8, 4) is 11.1 Å². The highest BCUT2D eigenvalue weighted by molar-refractivity contribution is 6.20. The van der Waals surface area contributed by atoms with Gasteiger partial charge in [-0.3, -0.25) is 9.59 Å². The minimum absolute atomic E-state index is 0.00553. The summed E-state index contributed by atoms with van der Waals surface area (Å²) in [4.78, 5) is 56.6. The predicted molar refractivity (Wildman–Crippen MR) is 133 cm³/mol. The van der Waals surface area contributed by atoms with Gasteiger partial charge in [-0.1, -0.05) is 65.7 Å². The fourth-order valence-corrected chi connectivity index (χ4v) is 5.41. The van der Waals surface area contributed by atoms with E-state index in [1.165, 1.54) is 24.3 Å². The first-order valence-corrected chi connectivity index (χ1v) is 12.4. The summed E-state index contributed by atoms with van der Waals surface area (Å²) < 4.78 is 35.1. The van der Waals surface area contributed by atoms with Crippen LogP contribution in [0.3, 0.4) is 0 Å². The van der Waals surface area contributed by atoms with Crippen molar-refractivity contribution in [2.45, 2.75) is 18.3 Å². The molecule has 0 aromatic heterocycles. The summed E-state index contributed by atoms with van der Waals surface area (Å²) in [6.45, 7) is -1.03. The fourth-order valence-electron chi connectivity index (χ4n) is 5.41. The minimum atomic E-state index is -3.52. The van der Waals surface area contributed by atoms with Crippen molar-refractivity contribution in [3.63, 3.8) is 0 Å². The second-order valence-corrected chi connectivity index (χ2v) is 9.67. The molecule has 1 saturated heterocycles. The number of carbonyl (C=O) groups excluding carboxylic acids is 4. The third-order valence-corrected chi connectivity index (χ3v) is 7.44. The molecule has 0 bridgehead atoms. The normalized spacial score (nSPS) is 19.4. The molecule has 3 aromatic carbocycles. The number of imide groups is 1. The van der Waals surface area contributed by atoms with E-state index in [2.05, 4.69) is 0 Å². The van der Waals surface area contributed by atoms with Crippen LogP contribution in [-0.2, 0) is 14.4 Å². The summed E-state index contributed by atoms with van der Waals surface area (Å²) in [6, 6.07) is 21.4. The van der Waals surface area contributed by atoms with Crippen molar-refractivity contribution in [2.75, 3.05) is 19.7 Å². The summed E-state index contributed by atoms with van der Waals surface area (Å²) in [7, 11) is 0. The highest BCUT2D eigenvalue weighted by Gasteiger charge is 2.52. The van der Waals surface area contributed by atoms with E-state index < -0.39 is 48.7 Å². The lowest BCUT2D eigenvalue weighted by Gasteiger charge is -2.36. The molecule has 3 aromatic rings. The fraction of sp³-hybridized carbons (Fsp3) is 0.241. The van der Waals surface area contributed by atoms with E-state index in [1.54, 1.807) is 0 Å². The van der Waals surface area contributed by atoms with E-state index in [-0.39, 0.29) is 35.3 Å². The van der Waals surface area contributed by atoms with Crippen molar-refractivity contribution in [2.24, 2.45) is 5.92 Å². The summed E-state index contributed by atoms with van der Waals surface area (Å²) in [5.74, 6) is -9.15. The first-order valence-electron chi connectivity index (χ1n) is 12.4. The molecule has 2 aliphatic heterocycles. The van der Waals surface area contributed by atoms with Crippen LogP contribution in [0, 0.1) is 5.92 Å². The number of carbonyl (C=O) groups is 4. The van der Waals surface area contributed by atoms with Gasteiger partial charge in [0.2, 0.25) is 0 Å². The third-order valence-electron chi connectivity index (χ3n) is 7.44. The highest BCUT2D eigenvalue weighted by atomic mass is 19.3. The van der Waals surface area contributed by atoms with Gasteiger partial charge in [0.25, 0.3) is 17.7 Å². The average molecular weight is 532 g/mol. The molecule has 2 heterocycles. The van der Waals surface area contributed by atoms with Crippen LogP contribution >= 0.6 is 0 Å². The van der Waals surface area contributed by atoms with Crippen LogP contribution < -0.4 is 0 Å². The maximum absolute atomic E-state index is 14.8. The van der Waals surface area contributed by atoms with Crippen LogP contribution in [0.5, 0.6) is 0 Å². The van der Waals surface area contributed by atoms with Crippen molar-refractivity contribution in [1.82, 2.24) is 9.96 Å². The Hall–Kier alpha value is -4.60. The van der Waals surface area contributed by atoms with Gasteiger partial charge in [0, 0.05) is 25.4 Å². The summed E-state index contributed by atoms with van der Waals surface area (Å²) in [6.07, 6.45) is -1.65. The molecule has 8 nitrogen and oxygen atoms in total. The Morgan fingerprint density at radius 1 is 0.821 bits per heavy atom. The average Bonchev–Trinajstić information content (AvgIpc) is 3.39. The molecule has 1 aliphatic carbocycles. The zero-order valence-corrected chi connectivity index (χ0v) is 20.5. The Morgan fingerprint density at radius 2 is 1.33 bits per heavy atom. The number of nitrogens with zero attached hydrogens (tertiary/aromatic N) is 2. The number of likely N-dealkylation sites (tertiary alicyclic amines) is 1. The number of piperidine rings is 1. The Kier molecular flexibility index (Phi) is 5.90. The molecule has 198 valence electrons. The summed E-state index contributed by atoms with van der Waals surface area (Å²) >= 11 is 0. The van der Waals surface area contributed by atoms with Crippen LogP contribution in [0.2, 0.25) is 0 Å². The number of hydrogen-bond acceptors (Lipinski definition) is 6. The maximum Gasteiger partial charge on any atom is 0.409 e. The maximum atomic E-state index is 14.8. The van der Waals surface area contributed by atoms with Crippen LogP contribution in [-0.4, -0.2) is 59.5 Å². The highest BCUT2D eigenvalue weighted by Crippen LogP contribution is 2.44. The van der Waals surface area contributed by atoms with E-state index in [1.807, 2.05) is 48.5 Å². The molecule has 3 amide bonds. The van der Waals surface area contributed by atoms with Crippen LogP contribution in [0.25, 0.3) is 11.1 Å². The van der Waals surface area contributed by atoms with Gasteiger partial charge in [-0.15, -0.1) is 0 Å². The standard InChI is InChI=1S/C29H22F2N2O6/c30-29(31)13-14-32(15-24(29)27(36)39-33-25(34)21-11-5-6-12-22(21)26(33)35)28(37)38-16-23-19-9-3-1-7-17(19)18-8-2-4-10-20(18)23/h1-12,23-24H,13-16H2. The Bertz CT molecular complexity index is 1440. The minimum Gasteiger partial charge on any atom is -0.448 e. The van der Waals surface area contributed by atoms with Gasteiger partial charge >= 0.3 is 12.1 Å².